The van der Waals surface area contributed by atoms with E-state index in [2.05, 4.69) is 5.32 Å². The van der Waals surface area contributed by atoms with E-state index in [4.69, 9.17) is 0 Å². The number of hydrogen-bond donors (Lipinski definition) is 1. The fourth-order valence-corrected chi connectivity index (χ4v) is 1.36. The molecule has 3 heteroatoms. The average Bonchev–Trinajstić information content (AvgIpc) is 2.08. The van der Waals surface area contributed by atoms with Crippen LogP contribution in [0.1, 0.15) is 55.4 Å². The smallest absolute Gasteiger partial charge is 0.225 e. The molecule has 0 aliphatic heterocycles. The molecule has 0 aromatic heterocycles. The second-order valence-electron chi connectivity index (χ2n) is 7.06. The van der Waals surface area contributed by atoms with Crippen molar-refractivity contribution in [2.75, 3.05) is 0 Å². The van der Waals surface area contributed by atoms with Crippen LogP contribution in [0.5, 0.6) is 0 Å². The zero-order valence-corrected chi connectivity index (χ0v) is 12.5. The molecule has 1 atom stereocenters. The van der Waals surface area contributed by atoms with Crippen molar-refractivity contribution < 1.29 is 9.59 Å². The van der Waals surface area contributed by atoms with Crippen LogP contribution < -0.4 is 5.32 Å². The fourth-order valence-electron chi connectivity index (χ4n) is 1.36. The Balaban J connectivity index is 4.92. The van der Waals surface area contributed by atoms with Gasteiger partial charge >= 0.3 is 0 Å². The first kappa shape index (κ1) is 16.1. The van der Waals surface area contributed by atoms with Crippen LogP contribution in [0.2, 0.25) is 0 Å². The summed E-state index contributed by atoms with van der Waals surface area (Å²) in [5, 5.41) is 2.87. The molecule has 0 unspecified atom stereocenters. The van der Waals surface area contributed by atoms with E-state index in [-0.39, 0.29) is 17.6 Å². The van der Waals surface area contributed by atoms with E-state index in [1.54, 1.807) is 0 Å². The Kier molecular flexibility index (Phi) is 4.93. The van der Waals surface area contributed by atoms with Gasteiger partial charge in [-0.3, -0.25) is 9.59 Å². The lowest BCUT2D eigenvalue weighted by molar-refractivity contribution is -0.136. The van der Waals surface area contributed by atoms with Gasteiger partial charge in [0.1, 0.15) is 0 Å². The van der Waals surface area contributed by atoms with Gasteiger partial charge < -0.3 is 5.32 Å². The molecule has 0 saturated carbocycles. The van der Waals surface area contributed by atoms with Crippen LogP contribution in [0.25, 0.3) is 0 Å². The summed E-state index contributed by atoms with van der Waals surface area (Å²) in [5.41, 5.74) is -0.897. The maximum Gasteiger partial charge on any atom is 0.225 e. The Morgan fingerprint density at radius 2 is 1.29 bits per heavy atom. The van der Waals surface area contributed by atoms with Crippen molar-refractivity contribution in [3.8, 4) is 0 Å². The average molecular weight is 241 g/mol. The largest absolute Gasteiger partial charge is 0.346 e. The molecule has 3 nitrogen and oxygen atoms in total. The number of hydrogen-bond acceptors (Lipinski definition) is 2. The zero-order valence-electron chi connectivity index (χ0n) is 12.5. The highest BCUT2D eigenvalue weighted by molar-refractivity contribution is 5.93. The molecule has 0 spiro atoms. The summed E-state index contributed by atoms with van der Waals surface area (Å²) in [6.45, 7) is 15.1. The van der Waals surface area contributed by atoms with Gasteiger partial charge in [0.15, 0.2) is 5.78 Å². The van der Waals surface area contributed by atoms with Crippen LogP contribution in [0.3, 0.4) is 0 Å². The summed E-state index contributed by atoms with van der Waals surface area (Å²) in [6.07, 6.45) is 0. The highest BCUT2D eigenvalue weighted by Crippen LogP contribution is 2.22. The van der Waals surface area contributed by atoms with E-state index >= 15 is 0 Å². The Labute approximate surface area is 105 Å². The van der Waals surface area contributed by atoms with Gasteiger partial charge in [-0.2, -0.15) is 0 Å². The summed E-state index contributed by atoms with van der Waals surface area (Å²) in [4.78, 5) is 24.2. The fraction of sp³-hybridized carbons (Fsp3) is 0.857. The number of carbonyl (C=O) groups excluding carboxylic acids is 2. The minimum atomic E-state index is -0.467. The molecule has 1 N–H and O–H groups in total. The minimum absolute atomic E-state index is 0.0752. The van der Waals surface area contributed by atoms with Crippen molar-refractivity contribution in [2.24, 2.45) is 16.7 Å². The van der Waals surface area contributed by atoms with E-state index in [9.17, 15) is 9.59 Å². The van der Waals surface area contributed by atoms with Gasteiger partial charge in [-0.1, -0.05) is 55.4 Å². The third kappa shape index (κ3) is 4.88. The predicted molar refractivity (Wildman–Crippen MR) is 70.7 cm³/mol. The lowest BCUT2D eigenvalue weighted by Crippen LogP contribution is -2.51. The third-order valence-corrected chi connectivity index (χ3v) is 2.66. The van der Waals surface area contributed by atoms with Crippen LogP contribution in [-0.4, -0.2) is 17.7 Å². The monoisotopic (exact) mass is 241 g/mol. The first-order valence-corrected chi connectivity index (χ1v) is 6.22. The van der Waals surface area contributed by atoms with E-state index in [1.165, 1.54) is 0 Å². The molecule has 17 heavy (non-hydrogen) atoms. The molecule has 0 rings (SSSR count). The van der Waals surface area contributed by atoms with E-state index in [1.807, 2.05) is 55.4 Å². The molecule has 100 valence electrons. The normalized spacial score (nSPS) is 14.6. The van der Waals surface area contributed by atoms with E-state index in [0.717, 1.165) is 0 Å². The van der Waals surface area contributed by atoms with Crippen molar-refractivity contribution in [3.05, 3.63) is 0 Å². The lowest BCUT2D eigenvalue weighted by atomic mass is 9.82. The van der Waals surface area contributed by atoms with Gasteiger partial charge in [-0.05, 0) is 5.92 Å². The summed E-state index contributed by atoms with van der Waals surface area (Å²) >= 11 is 0. The van der Waals surface area contributed by atoms with Crippen molar-refractivity contribution in [1.82, 2.24) is 5.32 Å². The molecule has 0 fully saturated rings. The lowest BCUT2D eigenvalue weighted by Gasteiger charge is -2.30. The summed E-state index contributed by atoms with van der Waals surface area (Å²) in [5.74, 6) is 0.118. The second-order valence-corrected chi connectivity index (χ2v) is 7.06. The molecular formula is C14H27NO2. The van der Waals surface area contributed by atoms with Crippen molar-refractivity contribution >= 4 is 11.7 Å². The van der Waals surface area contributed by atoms with Crippen LogP contribution in [0.4, 0.5) is 0 Å². The van der Waals surface area contributed by atoms with Gasteiger partial charge in [0, 0.05) is 10.8 Å². The Bertz CT molecular complexity index is 292. The molecule has 0 heterocycles. The molecule has 0 saturated heterocycles. The molecule has 0 aliphatic rings. The maximum atomic E-state index is 12.3. The third-order valence-electron chi connectivity index (χ3n) is 2.66. The minimum Gasteiger partial charge on any atom is -0.346 e. The van der Waals surface area contributed by atoms with Crippen molar-refractivity contribution in [2.45, 2.75) is 61.4 Å². The molecule has 0 aliphatic carbocycles. The van der Waals surface area contributed by atoms with Crippen molar-refractivity contribution in [3.63, 3.8) is 0 Å². The van der Waals surface area contributed by atoms with Gasteiger partial charge in [0.25, 0.3) is 0 Å². The quantitative estimate of drug-likeness (QED) is 0.826. The number of rotatable bonds is 3. The highest BCUT2D eigenvalue weighted by atomic mass is 16.2. The number of ketones is 1. The molecule has 0 radical (unpaired) electrons. The highest BCUT2D eigenvalue weighted by Gasteiger charge is 2.34. The van der Waals surface area contributed by atoms with E-state index < -0.39 is 16.9 Å². The standard InChI is InChI=1S/C14H27NO2/c1-9(2)10(11(16)13(3,4)5)15-12(17)14(6,7)8/h9-10H,1-8H3,(H,15,17)/t10-/m1/s1. The van der Waals surface area contributed by atoms with Crippen molar-refractivity contribution in [1.29, 1.82) is 0 Å². The molecule has 0 bridgehead atoms. The molecule has 0 aromatic rings. The first-order chi connectivity index (χ1) is 7.37. The van der Waals surface area contributed by atoms with Crippen LogP contribution >= 0.6 is 0 Å². The summed E-state index contributed by atoms with van der Waals surface area (Å²) < 4.78 is 0. The SMILES string of the molecule is CC(C)[C@@H](NC(=O)C(C)(C)C)C(=O)C(C)(C)C. The number of nitrogens with one attached hydrogen (secondary N) is 1. The molecule has 0 aromatic carbocycles. The maximum absolute atomic E-state index is 12.3. The summed E-state index contributed by atoms with van der Waals surface area (Å²) in [6, 6.07) is -0.401. The molecule has 1 amide bonds. The van der Waals surface area contributed by atoms with Gasteiger partial charge in [-0.25, -0.2) is 0 Å². The Hall–Kier alpha value is -0.860. The molecular weight excluding hydrogens is 214 g/mol. The number of Topliss-reactive ketones (excluding diaryl/α,β-unsaturated/α-hetero) is 1. The second kappa shape index (κ2) is 5.19. The topological polar surface area (TPSA) is 46.2 Å². The van der Waals surface area contributed by atoms with Gasteiger partial charge in [-0.15, -0.1) is 0 Å². The Morgan fingerprint density at radius 1 is 0.882 bits per heavy atom. The van der Waals surface area contributed by atoms with Gasteiger partial charge in [0.2, 0.25) is 5.91 Å². The van der Waals surface area contributed by atoms with Crippen LogP contribution in [0, 0.1) is 16.7 Å². The number of carbonyl (C=O) groups is 2. The van der Waals surface area contributed by atoms with Gasteiger partial charge in [0.05, 0.1) is 6.04 Å². The number of amides is 1. The predicted octanol–water partition coefficient (Wildman–Crippen LogP) is 2.79. The summed E-state index contributed by atoms with van der Waals surface area (Å²) in [7, 11) is 0. The van der Waals surface area contributed by atoms with E-state index in [0.29, 0.717) is 0 Å². The first-order valence-electron chi connectivity index (χ1n) is 6.22. The zero-order chi connectivity index (χ0) is 14.0. The van der Waals surface area contributed by atoms with Crippen LogP contribution in [-0.2, 0) is 9.59 Å². The van der Waals surface area contributed by atoms with Crippen LogP contribution in [0.15, 0.2) is 0 Å². The Morgan fingerprint density at radius 3 is 1.53 bits per heavy atom.